The Bertz CT molecular complexity index is 1140. The van der Waals surface area contributed by atoms with Crippen molar-refractivity contribution in [2.75, 3.05) is 6.26 Å². The number of hydrogen-bond donors (Lipinski definition) is 0. The van der Waals surface area contributed by atoms with Gasteiger partial charge >= 0.3 is 6.18 Å². The molecule has 146 valence electrons. The molecule has 0 unspecified atom stereocenters. The minimum Gasteiger partial charge on any atom is -0.224 e. The van der Waals surface area contributed by atoms with Crippen LogP contribution in [0.1, 0.15) is 5.69 Å². The van der Waals surface area contributed by atoms with Crippen molar-refractivity contribution < 1.29 is 30.4 Å². The number of aromatic nitrogens is 1. The summed E-state index contributed by atoms with van der Waals surface area (Å²) in [4.78, 5) is 2.72. The predicted octanol–water partition coefficient (Wildman–Crippen LogP) is 5.12. The Labute approximate surface area is 157 Å². The summed E-state index contributed by atoms with van der Waals surface area (Å²) in [6.45, 7) is 0. The van der Waals surface area contributed by atoms with Gasteiger partial charge in [-0.25, -0.2) is 17.8 Å². The highest BCUT2D eigenvalue weighted by atomic mass is 32.2. The van der Waals surface area contributed by atoms with Gasteiger partial charge in [-0.1, -0.05) is 30.3 Å². The molecule has 28 heavy (non-hydrogen) atoms. The van der Waals surface area contributed by atoms with Gasteiger partial charge in [-0.3, -0.25) is 0 Å². The van der Waals surface area contributed by atoms with Gasteiger partial charge in [0, 0.05) is 23.4 Å². The Hall–Kier alpha value is -2.81. The van der Waals surface area contributed by atoms with Crippen LogP contribution >= 0.6 is 0 Å². The molecule has 0 aliphatic carbocycles. The van der Waals surface area contributed by atoms with Crippen molar-refractivity contribution in [2.24, 2.45) is 0 Å². The number of halogens is 5. The summed E-state index contributed by atoms with van der Waals surface area (Å²) in [6.07, 6.45) is -4.13. The van der Waals surface area contributed by atoms with Gasteiger partial charge in [0.25, 0.3) is 0 Å². The first kappa shape index (κ1) is 19.9. The van der Waals surface area contributed by atoms with Crippen LogP contribution in [0.5, 0.6) is 0 Å². The van der Waals surface area contributed by atoms with E-state index in [4.69, 9.17) is 0 Å². The van der Waals surface area contributed by atoms with Crippen molar-refractivity contribution in [3.05, 3.63) is 72.1 Å². The Balaban J connectivity index is 2.47. The van der Waals surface area contributed by atoms with E-state index in [0.29, 0.717) is 0 Å². The molecule has 0 bridgehead atoms. The van der Waals surface area contributed by atoms with Crippen molar-refractivity contribution in [1.82, 2.24) is 4.98 Å². The zero-order valence-corrected chi connectivity index (χ0v) is 15.1. The Morgan fingerprint density at radius 3 is 2.07 bits per heavy atom. The topological polar surface area (TPSA) is 47.0 Å². The maximum Gasteiger partial charge on any atom is 0.434 e. The van der Waals surface area contributed by atoms with Crippen LogP contribution in [-0.4, -0.2) is 19.7 Å². The van der Waals surface area contributed by atoms with E-state index in [1.807, 2.05) is 0 Å². The standard InChI is InChI=1S/C19H12F5NO2S/c1-28(26,27)15-5-3-2-4-13(15)14-10-16(21)25-18(19(22,23)24)17(14)11-6-8-12(20)9-7-11/h2-10H,1H3. The van der Waals surface area contributed by atoms with E-state index in [2.05, 4.69) is 4.98 Å². The second-order valence-corrected chi connectivity index (χ2v) is 7.97. The molecule has 0 spiro atoms. The van der Waals surface area contributed by atoms with Crippen molar-refractivity contribution >= 4 is 9.84 Å². The highest BCUT2D eigenvalue weighted by molar-refractivity contribution is 7.90. The molecule has 0 atom stereocenters. The van der Waals surface area contributed by atoms with Crippen molar-refractivity contribution in [1.29, 1.82) is 0 Å². The third-order valence-corrected chi connectivity index (χ3v) is 5.12. The zero-order chi connectivity index (χ0) is 20.7. The van der Waals surface area contributed by atoms with Crippen LogP contribution < -0.4 is 0 Å². The molecule has 0 fully saturated rings. The van der Waals surface area contributed by atoms with Gasteiger partial charge in [0.05, 0.1) is 4.90 Å². The number of benzene rings is 2. The minimum atomic E-state index is -5.03. The first-order valence-corrected chi connectivity index (χ1v) is 9.71. The minimum absolute atomic E-state index is 0.0838. The van der Waals surface area contributed by atoms with Crippen molar-refractivity contribution in [3.63, 3.8) is 0 Å². The highest BCUT2D eigenvalue weighted by Gasteiger charge is 2.38. The quantitative estimate of drug-likeness (QED) is 0.443. The first-order chi connectivity index (χ1) is 13.0. The molecule has 0 aliphatic rings. The van der Waals surface area contributed by atoms with E-state index >= 15 is 0 Å². The number of rotatable bonds is 3. The third kappa shape index (κ3) is 3.89. The highest BCUT2D eigenvalue weighted by Crippen LogP contribution is 2.43. The normalized spacial score (nSPS) is 12.2. The molecule has 9 heteroatoms. The average molecular weight is 413 g/mol. The Morgan fingerprint density at radius 2 is 1.50 bits per heavy atom. The molecule has 3 nitrogen and oxygen atoms in total. The number of nitrogens with zero attached hydrogens (tertiary/aromatic N) is 1. The fraction of sp³-hybridized carbons (Fsp3) is 0.105. The van der Waals surface area contributed by atoms with E-state index in [9.17, 15) is 30.4 Å². The lowest BCUT2D eigenvalue weighted by molar-refractivity contribution is -0.141. The van der Waals surface area contributed by atoms with Crippen LogP contribution in [0.4, 0.5) is 22.0 Å². The van der Waals surface area contributed by atoms with Gasteiger partial charge in [0.2, 0.25) is 5.95 Å². The van der Waals surface area contributed by atoms with Crippen LogP contribution in [-0.2, 0) is 16.0 Å². The van der Waals surface area contributed by atoms with E-state index in [0.717, 1.165) is 36.6 Å². The van der Waals surface area contributed by atoms with Gasteiger partial charge in [0.15, 0.2) is 15.5 Å². The average Bonchev–Trinajstić information content (AvgIpc) is 2.60. The molecule has 0 saturated carbocycles. The molecular formula is C19H12F5NO2S. The number of hydrogen-bond acceptors (Lipinski definition) is 3. The molecule has 0 amide bonds. The fourth-order valence-electron chi connectivity index (χ4n) is 2.85. The van der Waals surface area contributed by atoms with E-state index in [1.165, 1.54) is 24.3 Å². The SMILES string of the molecule is CS(=O)(=O)c1ccccc1-c1cc(F)nc(C(F)(F)F)c1-c1ccc(F)cc1. The maximum atomic E-state index is 14.0. The molecule has 0 aliphatic heterocycles. The van der Waals surface area contributed by atoms with Crippen LogP contribution in [0.25, 0.3) is 22.3 Å². The lowest BCUT2D eigenvalue weighted by Crippen LogP contribution is -2.13. The van der Waals surface area contributed by atoms with Gasteiger partial charge in [0.1, 0.15) is 5.82 Å². The van der Waals surface area contributed by atoms with Crippen molar-refractivity contribution in [2.45, 2.75) is 11.1 Å². The first-order valence-electron chi connectivity index (χ1n) is 7.81. The lowest BCUT2D eigenvalue weighted by Gasteiger charge is -2.18. The predicted molar refractivity (Wildman–Crippen MR) is 93.1 cm³/mol. The molecule has 0 N–H and O–H groups in total. The summed E-state index contributed by atoms with van der Waals surface area (Å²) in [7, 11) is -3.83. The molecule has 3 rings (SSSR count). The molecule has 0 radical (unpaired) electrons. The van der Waals surface area contributed by atoms with E-state index in [-0.39, 0.29) is 21.6 Å². The van der Waals surface area contributed by atoms with Gasteiger partial charge < -0.3 is 0 Å². The zero-order valence-electron chi connectivity index (χ0n) is 14.3. The third-order valence-electron chi connectivity index (χ3n) is 3.97. The second kappa shape index (κ2) is 6.97. The summed E-state index contributed by atoms with van der Waals surface area (Å²) < 4.78 is 92.3. The molecular weight excluding hydrogens is 401 g/mol. The summed E-state index contributed by atoms with van der Waals surface area (Å²) >= 11 is 0. The summed E-state index contributed by atoms with van der Waals surface area (Å²) in [5, 5.41) is 0. The number of alkyl halides is 3. The molecule has 1 heterocycles. The maximum absolute atomic E-state index is 14.0. The number of sulfone groups is 1. The largest absolute Gasteiger partial charge is 0.434 e. The summed E-state index contributed by atoms with van der Waals surface area (Å²) in [6, 6.07) is 10.1. The smallest absolute Gasteiger partial charge is 0.224 e. The molecule has 3 aromatic rings. The van der Waals surface area contributed by atoms with E-state index in [1.54, 1.807) is 0 Å². The fourth-order valence-corrected chi connectivity index (χ4v) is 3.76. The monoisotopic (exact) mass is 413 g/mol. The van der Waals surface area contributed by atoms with Crippen LogP contribution in [0.2, 0.25) is 0 Å². The summed E-state index contributed by atoms with van der Waals surface area (Å²) in [5.41, 5.74) is -2.58. The van der Waals surface area contributed by atoms with Gasteiger partial charge in [-0.2, -0.15) is 17.6 Å². The molecule has 1 aromatic heterocycles. The van der Waals surface area contributed by atoms with Gasteiger partial charge in [-0.15, -0.1) is 0 Å². The lowest BCUT2D eigenvalue weighted by atomic mass is 9.93. The van der Waals surface area contributed by atoms with E-state index < -0.39 is 39.0 Å². The molecule has 2 aromatic carbocycles. The van der Waals surface area contributed by atoms with Crippen LogP contribution in [0.15, 0.2) is 59.5 Å². The van der Waals surface area contributed by atoms with Gasteiger partial charge in [-0.05, 0) is 29.3 Å². The number of pyridine rings is 1. The van der Waals surface area contributed by atoms with Crippen LogP contribution in [0, 0.1) is 11.8 Å². The Kier molecular flexibility index (Phi) is 4.97. The Morgan fingerprint density at radius 1 is 0.893 bits per heavy atom. The van der Waals surface area contributed by atoms with Crippen molar-refractivity contribution in [3.8, 4) is 22.3 Å². The van der Waals surface area contributed by atoms with Crippen LogP contribution in [0.3, 0.4) is 0 Å². The summed E-state index contributed by atoms with van der Waals surface area (Å²) in [5.74, 6) is -2.10. The molecule has 0 saturated heterocycles. The second-order valence-electron chi connectivity index (χ2n) is 5.99.